The largest absolute Gasteiger partial charge is 0.423 e. The van der Waals surface area contributed by atoms with Crippen LogP contribution in [0.15, 0.2) is 60.7 Å². The molecule has 20 heavy (non-hydrogen) atoms. The molecule has 0 bridgehead atoms. The molecule has 0 amide bonds. The second-order valence-corrected chi connectivity index (χ2v) is 4.10. The van der Waals surface area contributed by atoms with Gasteiger partial charge in [0, 0.05) is 11.6 Å². The fourth-order valence-corrected chi connectivity index (χ4v) is 1.58. The molecule has 0 unspecified atom stereocenters. The molecule has 0 saturated heterocycles. The fourth-order valence-electron chi connectivity index (χ4n) is 1.58. The van der Waals surface area contributed by atoms with Crippen LogP contribution in [-0.4, -0.2) is 11.8 Å². The number of hydrogen-bond donors (Lipinski definition) is 2. The third-order valence-electron chi connectivity index (χ3n) is 2.60. The number of nitrogens with one attached hydrogen (secondary N) is 1. The number of rotatable bonds is 4. The standard InChI is InChI=1S/C16H14N2O2/c17-16(18)13-7-9-14(10-8-13)20-15(19)11-6-12-4-2-1-3-5-12/h1-11H,(H3,17,18). The van der Waals surface area contributed by atoms with Gasteiger partial charge in [-0.1, -0.05) is 30.3 Å². The molecule has 2 aromatic rings. The molecule has 0 aliphatic carbocycles. The van der Waals surface area contributed by atoms with Gasteiger partial charge in [0.25, 0.3) is 0 Å². The molecule has 4 nitrogen and oxygen atoms in total. The first kappa shape index (κ1) is 13.5. The van der Waals surface area contributed by atoms with Crippen LogP contribution < -0.4 is 10.5 Å². The summed E-state index contributed by atoms with van der Waals surface area (Å²) >= 11 is 0. The van der Waals surface area contributed by atoms with Gasteiger partial charge in [0.2, 0.25) is 0 Å². The number of esters is 1. The van der Waals surface area contributed by atoms with E-state index in [0.717, 1.165) is 5.56 Å². The lowest BCUT2D eigenvalue weighted by molar-refractivity contribution is -0.128. The maximum absolute atomic E-state index is 11.6. The summed E-state index contributed by atoms with van der Waals surface area (Å²) in [7, 11) is 0. The molecule has 0 aliphatic rings. The summed E-state index contributed by atoms with van der Waals surface area (Å²) in [6.07, 6.45) is 3.06. The van der Waals surface area contributed by atoms with E-state index in [1.165, 1.54) is 6.08 Å². The van der Waals surface area contributed by atoms with Gasteiger partial charge in [-0.3, -0.25) is 5.41 Å². The average Bonchev–Trinajstić information content (AvgIpc) is 2.47. The van der Waals surface area contributed by atoms with E-state index < -0.39 is 5.97 Å². The van der Waals surface area contributed by atoms with E-state index in [1.807, 2.05) is 30.3 Å². The molecule has 0 saturated carbocycles. The van der Waals surface area contributed by atoms with Gasteiger partial charge in [-0.2, -0.15) is 0 Å². The Morgan fingerprint density at radius 3 is 2.30 bits per heavy atom. The zero-order chi connectivity index (χ0) is 14.4. The van der Waals surface area contributed by atoms with Crippen molar-refractivity contribution in [1.82, 2.24) is 0 Å². The lowest BCUT2D eigenvalue weighted by Gasteiger charge is -2.02. The summed E-state index contributed by atoms with van der Waals surface area (Å²) in [4.78, 5) is 11.6. The normalized spacial score (nSPS) is 10.4. The van der Waals surface area contributed by atoms with Crippen molar-refractivity contribution in [3.8, 4) is 5.75 Å². The van der Waals surface area contributed by atoms with E-state index in [1.54, 1.807) is 30.3 Å². The summed E-state index contributed by atoms with van der Waals surface area (Å²) in [6, 6.07) is 16.0. The monoisotopic (exact) mass is 266 g/mol. The summed E-state index contributed by atoms with van der Waals surface area (Å²) in [5, 5.41) is 7.27. The van der Waals surface area contributed by atoms with Gasteiger partial charge in [0.05, 0.1) is 0 Å². The Labute approximate surface area is 117 Å². The van der Waals surface area contributed by atoms with Crippen molar-refractivity contribution in [2.75, 3.05) is 0 Å². The predicted octanol–water partition coefficient (Wildman–Crippen LogP) is 2.59. The van der Waals surface area contributed by atoms with Crippen molar-refractivity contribution in [3.63, 3.8) is 0 Å². The maximum Gasteiger partial charge on any atom is 0.336 e. The highest BCUT2D eigenvalue weighted by Gasteiger charge is 2.01. The first-order valence-corrected chi connectivity index (χ1v) is 6.04. The first-order valence-electron chi connectivity index (χ1n) is 6.04. The molecule has 0 atom stereocenters. The van der Waals surface area contributed by atoms with E-state index in [-0.39, 0.29) is 5.84 Å². The zero-order valence-electron chi connectivity index (χ0n) is 10.7. The number of benzene rings is 2. The van der Waals surface area contributed by atoms with E-state index >= 15 is 0 Å². The van der Waals surface area contributed by atoms with Gasteiger partial charge in [-0.15, -0.1) is 0 Å². The Balaban J connectivity index is 1.98. The minimum Gasteiger partial charge on any atom is -0.423 e. The van der Waals surface area contributed by atoms with Gasteiger partial charge < -0.3 is 10.5 Å². The molecule has 0 aromatic heterocycles. The summed E-state index contributed by atoms with van der Waals surface area (Å²) in [5.41, 5.74) is 6.86. The number of ether oxygens (including phenoxy) is 1. The second kappa shape index (κ2) is 6.33. The fraction of sp³-hybridized carbons (Fsp3) is 0. The lowest BCUT2D eigenvalue weighted by Crippen LogP contribution is -2.11. The van der Waals surface area contributed by atoms with Crippen LogP contribution in [0.5, 0.6) is 5.75 Å². The zero-order valence-corrected chi connectivity index (χ0v) is 10.7. The third kappa shape index (κ3) is 3.81. The highest BCUT2D eigenvalue weighted by atomic mass is 16.5. The maximum atomic E-state index is 11.6. The van der Waals surface area contributed by atoms with Crippen LogP contribution in [-0.2, 0) is 4.79 Å². The number of hydrogen-bond acceptors (Lipinski definition) is 3. The summed E-state index contributed by atoms with van der Waals surface area (Å²) in [6.45, 7) is 0. The molecule has 2 rings (SSSR count). The molecule has 2 aromatic carbocycles. The quantitative estimate of drug-likeness (QED) is 0.293. The molecule has 0 aliphatic heterocycles. The van der Waals surface area contributed by atoms with Crippen molar-refractivity contribution in [2.45, 2.75) is 0 Å². The third-order valence-corrected chi connectivity index (χ3v) is 2.60. The van der Waals surface area contributed by atoms with E-state index in [2.05, 4.69) is 0 Å². The van der Waals surface area contributed by atoms with Crippen LogP contribution in [0, 0.1) is 5.41 Å². The van der Waals surface area contributed by atoms with Crippen molar-refractivity contribution in [3.05, 3.63) is 71.8 Å². The van der Waals surface area contributed by atoms with Crippen molar-refractivity contribution in [2.24, 2.45) is 5.73 Å². The number of carbonyl (C=O) groups excluding carboxylic acids is 1. The minimum absolute atomic E-state index is 0.0214. The molecule has 0 heterocycles. The number of carbonyl (C=O) groups is 1. The molecule has 0 radical (unpaired) electrons. The van der Waals surface area contributed by atoms with Crippen molar-refractivity contribution >= 4 is 17.9 Å². The van der Waals surface area contributed by atoms with Crippen molar-refractivity contribution in [1.29, 1.82) is 5.41 Å². The van der Waals surface area contributed by atoms with E-state index in [9.17, 15) is 4.79 Å². The Hall–Kier alpha value is -2.88. The smallest absolute Gasteiger partial charge is 0.336 e. The van der Waals surface area contributed by atoms with Gasteiger partial charge >= 0.3 is 5.97 Å². The number of nitrogens with two attached hydrogens (primary N) is 1. The SMILES string of the molecule is N=C(N)c1ccc(OC(=O)C=Cc2ccccc2)cc1. The Bertz CT molecular complexity index is 631. The van der Waals surface area contributed by atoms with Crippen LogP contribution in [0.3, 0.4) is 0 Å². The van der Waals surface area contributed by atoms with E-state index in [0.29, 0.717) is 11.3 Å². The van der Waals surface area contributed by atoms with Crippen LogP contribution >= 0.6 is 0 Å². The molecule has 0 fully saturated rings. The van der Waals surface area contributed by atoms with Crippen LogP contribution in [0.2, 0.25) is 0 Å². The number of nitrogen functional groups attached to an aromatic ring is 1. The molecule has 4 heteroatoms. The first-order chi connectivity index (χ1) is 9.65. The van der Waals surface area contributed by atoms with Crippen LogP contribution in [0.4, 0.5) is 0 Å². The molecular weight excluding hydrogens is 252 g/mol. The Kier molecular flexibility index (Phi) is 4.29. The highest BCUT2D eigenvalue weighted by Crippen LogP contribution is 2.12. The lowest BCUT2D eigenvalue weighted by atomic mass is 10.2. The topological polar surface area (TPSA) is 76.2 Å². The van der Waals surface area contributed by atoms with Gasteiger partial charge in [0.15, 0.2) is 0 Å². The van der Waals surface area contributed by atoms with Gasteiger partial charge in [-0.25, -0.2) is 4.79 Å². The average molecular weight is 266 g/mol. The molecule has 3 N–H and O–H groups in total. The summed E-state index contributed by atoms with van der Waals surface area (Å²) < 4.78 is 5.13. The van der Waals surface area contributed by atoms with Gasteiger partial charge in [-0.05, 0) is 35.9 Å². The van der Waals surface area contributed by atoms with Crippen LogP contribution in [0.1, 0.15) is 11.1 Å². The number of amidine groups is 1. The van der Waals surface area contributed by atoms with Crippen LogP contribution in [0.25, 0.3) is 6.08 Å². The van der Waals surface area contributed by atoms with Crippen molar-refractivity contribution < 1.29 is 9.53 Å². The van der Waals surface area contributed by atoms with Gasteiger partial charge in [0.1, 0.15) is 11.6 Å². The molecule has 0 spiro atoms. The predicted molar refractivity (Wildman–Crippen MR) is 78.6 cm³/mol. The molecule has 100 valence electrons. The second-order valence-electron chi connectivity index (χ2n) is 4.10. The summed E-state index contributed by atoms with van der Waals surface area (Å²) in [5.74, 6) is -0.0611. The van der Waals surface area contributed by atoms with E-state index in [4.69, 9.17) is 15.9 Å². The highest BCUT2D eigenvalue weighted by molar-refractivity contribution is 5.95. The Morgan fingerprint density at radius 1 is 1.05 bits per heavy atom. The Morgan fingerprint density at radius 2 is 1.70 bits per heavy atom. The molecular formula is C16H14N2O2. The minimum atomic E-state index is -0.454.